The maximum absolute atomic E-state index is 12.5. The minimum atomic E-state index is -3.58. The van der Waals surface area contributed by atoms with Crippen LogP contribution >= 0.6 is 11.3 Å². The van der Waals surface area contributed by atoms with Crippen molar-refractivity contribution >= 4 is 27.3 Å². The van der Waals surface area contributed by atoms with Gasteiger partial charge in [-0.25, -0.2) is 13.2 Å². The molecule has 7 heteroatoms. The molecule has 0 aromatic carbocycles. The summed E-state index contributed by atoms with van der Waals surface area (Å²) in [6.45, 7) is 4.21. The topological polar surface area (TPSA) is 74.7 Å². The number of aromatic carboxylic acids is 1. The van der Waals surface area contributed by atoms with Gasteiger partial charge in [-0.2, -0.15) is 4.31 Å². The molecule has 1 aromatic rings. The number of thiophene rings is 1. The third-order valence-corrected chi connectivity index (χ3v) is 6.55. The summed E-state index contributed by atoms with van der Waals surface area (Å²) in [6.07, 6.45) is 2.15. The van der Waals surface area contributed by atoms with E-state index in [2.05, 4.69) is 0 Å². The first-order chi connectivity index (χ1) is 8.82. The minimum Gasteiger partial charge on any atom is -0.478 e. The first-order valence-electron chi connectivity index (χ1n) is 6.16. The molecule has 2 rings (SSSR count). The molecule has 0 aliphatic heterocycles. The van der Waals surface area contributed by atoms with E-state index in [4.69, 9.17) is 5.11 Å². The smallest absolute Gasteiger partial charge is 0.336 e. The number of carboxylic acid groups (broad SMARTS) is 1. The molecule has 0 unspecified atom stereocenters. The standard InChI is InChI=1S/C12H17NO4S2/c1-8(2)13(6-9-3-4-9)19(16,17)11-5-10(7-18-11)12(14)15/h5,7-9H,3-4,6H2,1-2H3,(H,14,15). The van der Waals surface area contributed by atoms with Crippen molar-refractivity contribution in [3.63, 3.8) is 0 Å². The molecule has 1 N–H and O–H groups in total. The molecule has 0 bridgehead atoms. The van der Waals surface area contributed by atoms with Crippen LogP contribution in [0, 0.1) is 5.92 Å². The molecular formula is C12H17NO4S2. The molecule has 19 heavy (non-hydrogen) atoms. The average Bonchev–Trinajstić information content (AvgIpc) is 2.97. The fourth-order valence-corrected chi connectivity index (χ4v) is 4.82. The fourth-order valence-electron chi connectivity index (χ4n) is 1.82. The number of carboxylic acids is 1. The highest BCUT2D eigenvalue weighted by Crippen LogP contribution is 2.33. The van der Waals surface area contributed by atoms with Crippen LogP contribution in [0.3, 0.4) is 0 Å². The third-order valence-electron chi connectivity index (χ3n) is 3.10. The highest BCUT2D eigenvalue weighted by Gasteiger charge is 2.34. The molecule has 0 spiro atoms. The van der Waals surface area contributed by atoms with Crippen LogP contribution in [-0.4, -0.2) is 36.4 Å². The Bertz CT molecular complexity index is 572. The quantitative estimate of drug-likeness (QED) is 0.874. The molecule has 1 heterocycles. The summed E-state index contributed by atoms with van der Waals surface area (Å²) in [5.41, 5.74) is 0.0266. The molecule has 1 aliphatic rings. The van der Waals surface area contributed by atoms with E-state index in [-0.39, 0.29) is 15.8 Å². The molecule has 1 aliphatic carbocycles. The molecule has 1 fully saturated rings. The van der Waals surface area contributed by atoms with Gasteiger partial charge in [-0.15, -0.1) is 11.3 Å². The van der Waals surface area contributed by atoms with E-state index in [1.807, 2.05) is 13.8 Å². The first kappa shape index (κ1) is 14.5. The number of rotatable bonds is 6. The lowest BCUT2D eigenvalue weighted by Crippen LogP contribution is -2.38. The van der Waals surface area contributed by atoms with Gasteiger partial charge in [0.1, 0.15) is 4.21 Å². The van der Waals surface area contributed by atoms with Crippen LogP contribution in [0.15, 0.2) is 15.7 Å². The van der Waals surface area contributed by atoms with Gasteiger partial charge in [-0.1, -0.05) is 0 Å². The summed E-state index contributed by atoms with van der Waals surface area (Å²) >= 11 is 0.968. The second kappa shape index (κ2) is 5.22. The number of nitrogens with zero attached hydrogens (tertiary/aromatic N) is 1. The lowest BCUT2D eigenvalue weighted by molar-refractivity contribution is 0.0697. The maximum Gasteiger partial charge on any atom is 0.336 e. The zero-order valence-corrected chi connectivity index (χ0v) is 12.5. The van der Waals surface area contributed by atoms with Crippen LogP contribution in [0.2, 0.25) is 0 Å². The number of sulfonamides is 1. The monoisotopic (exact) mass is 303 g/mol. The lowest BCUT2D eigenvalue weighted by Gasteiger charge is -2.25. The van der Waals surface area contributed by atoms with E-state index in [0.29, 0.717) is 12.5 Å². The van der Waals surface area contributed by atoms with Gasteiger partial charge >= 0.3 is 5.97 Å². The number of hydrogen-bond acceptors (Lipinski definition) is 4. The summed E-state index contributed by atoms with van der Waals surface area (Å²) < 4.78 is 26.6. The number of hydrogen-bond donors (Lipinski definition) is 1. The zero-order valence-electron chi connectivity index (χ0n) is 10.9. The Kier molecular flexibility index (Phi) is 3.98. The van der Waals surface area contributed by atoms with Gasteiger partial charge in [0.2, 0.25) is 0 Å². The largest absolute Gasteiger partial charge is 0.478 e. The maximum atomic E-state index is 12.5. The van der Waals surface area contributed by atoms with Gasteiger partial charge in [0.05, 0.1) is 5.56 Å². The highest BCUT2D eigenvalue weighted by atomic mass is 32.2. The second-order valence-corrected chi connectivity index (χ2v) is 8.10. The van der Waals surface area contributed by atoms with E-state index >= 15 is 0 Å². The minimum absolute atomic E-state index is 0.0266. The van der Waals surface area contributed by atoms with Crippen molar-refractivity contribution in [2.24, 2.45) is 5.92 Å². The van der Waals surface area contributed by atoms with Gasteiger partial charge in [-0.3, -0.25) is 0 Å². The normalized spacial score (nSPS) is 16.2. The van der Waals surface area contributed by atoms with Crippen molar-refractivity contribution in [1.82, 2.24) is 4.31 Å². The molecule has 0 amide bonds. The first-order valence-corrected chi connectivity index (χ1v) is 8.48. The Hall–Kier alpha value is -0.920. The van der Waals surface area contributed by atoms with Crippen LogP contribution in [0.1, 0.15) is 37.0 Å². The van der Waals surface area contributed by atoms with Gasteiger partial charge in [0, 0.05) is 18.0 Å². The predicted molar refractivity (Wildman–Crippen MR) is 73.0 cm³/mol. The lowest BCUT2D eigenvalue weighted by atomic mass is 10.3. The molecule has 0 saturated heterocycles. The van der Waals surface area contributed by atoms with E-state index in [1.165, 1.54) is 15.8 Å². The van der Waals surface area contributed by atoms with E-state index in [0.717, 1.165) is 24.2 Å². The Morgan fingerprint density at radius 3 is 2.58 bits per heavy atom. The summed E-state index contributed by atoms with van der Waals surface area (Å²) in [5, 5.41) is 10.2. The van der Waals surface area contributed by atoms with Gasteiger partial charge in [-0.05, 0) is 38.7 Å². The van der Waals surface area contributed by atoms with Crippen molar-refractivity contribution in [2.75, 3.05) is 6.54 Å². The molecule has 1 saturated carbocycles. The number of carbonyl (C=O) groups is 1. The molecule has 5 nitrogen and oxygen atoms in total. The SMILES string of the molecule is CC(C)N(CC1CC1)S(=O)(=O)c1cc(C(=O)O)cs1. The Balaban J connectivity index is 2.29. The zero-order chi connectivity index (χ0) is 14.2. The Morgan fingerprint density at radius 2 is 2.16 bits per heavy atom. The summed E-state index contributed by atoms with van der Waals surface area (Å²) in [6, 6.07) is 1.12. The van der Waals surface area contributed by atoms with Crippen molar-refractivity contribution in [3.8, 4) is 0 Å². The summed E-state index contributed by atoms with van der Waals surface area (Å²) in [7, 11) is -3.58. The second-order valence-electron chi connectivity index (χ2n) is 5.07. The van der Waals surface area contributed by atoms with Crippen molar-refractivity contribution < 1.29 is 18.3 Å². The van der Waals surface area contributed by atoms with Crippen molar-refractivity contribution in [2.45, 2.75) is 36.9 Å². The average molecular weight is 303 g/mol. The van der Waals surface area contributed by atoms with E-state index in [9.17, 15) is 13.2 Å². The molecular weight excluding hydrogens is 286 g/mol. The predicted octanol–water partition coefficient (Wildman–Crippen LogP) is 2.26. The Morgan fingerprint density at radius 1 is 1.53 bits per heavy atom. The molecule has 106 valence electrons. The van der Waals surface area contributed by atoms with Gasteiger partial charge in [0.25, 0.3) is 10.0 Å². The van der Waals surface area contributed by atoms with E-state index in [1.54, 1.807) is 0 Å². The molecule has 0 radical (unpaired) electrons. The van der Waals surface area contributed by atoms with Crippen LogP contribution in [0.4, 0.5) is 0 Å². The van der Waals surface area contributed by atoms with Crippen molar-refractivity contribution in [1.29, 1.82) is 0 Å². The molecule has 0 atom stereocenters. The van der Waals surface area contributed by atoms with E-state index < -0.39 is 16.0 Å². The third kappa shape index (κ3) is 3.16. The highest BCUT2D eigenvalue weighted by molar-refractivity contribution is 7.91. The van der Waals surface area contributed by atoms with Gasteiger partial charge in [0.15, 0.2) is 0 Å². The summed E-state index contributed by atoms with van der Waals surface area (Å²) in [5.74, 6) is -0.646. The van der Waals surface area contributed by atoms with Crippen LogP contribution in [0.5, 0.6) is 0 Å². The fraction of sp³-hybridized carbons (Fsp3) is 0.583. The summed E-state index contributed by atoms with van der Waals surface area (Å²) in [4.78, 5) is 10.8. The Labute approximate surface area is 116 Å². The molecule has 1 aromatic heterocycles. The van der Waals surface area contributed by atoms with Gasteiger partial charge < -0.3 is 5.11 Å². The van der Waals surface area contributed by atoms with Crippen molar-refractivity contribution in [3.05, 3.63) is 17.0 Å². The van der Waals surface area contributed by atoms with Crippen LogP contribution in [0.25, 0.3) is 0 Å². The van der Waals surface area contributed by atoms with Crippen LogP contribution in [-0.2, 0) is 10.0 Å². The van der Waals surface area contributed by atoms with Crippen LogP contribution < -0.4 is 0 Å².